The number of carbonyl (C=O) groups excluding carboxylic acids is 1. The lowest BCUT2D eigenvalue weighted by Gasteiger charge is -2.39. The van der Waals surface area contributed by atoms with Crippen molar-refractivity contribution in [2.24, 2.45) is 0 Å². The van der Waals surface area contributed by atoms with Crippen LogP contribution in [0.2, 0.25) is 0 Å². The molecule has 0 aliphatic carbocycles. The summed E-state index contributed by atoms with van der Waals surface area (Å²) in [5, 5.41) is 3.92. The van der Waals surface area contributed by atoms with Crippen molar-refractivity contribution in [2.75, 3.05) is 0 Å². The van der Waals surface area contributed by atoms with Crippen LogP contribution in [0.3, 0.4) is 0 Å². The largest absolute Gasteiger partial charge is 0.361 e. The van der Waals surface area contributed by atoms with Crippen molar-refractivity contribution >= 4 is 5.91 Å². The van der Waals surface area contributed by atoms with Crippen molar-refractivity contribution in [3.05, 3.63) is 52.7 Å². The molecule has 0 N–H and O–H groups in total. The van der Waals surface area contributed by atoms with Gasteiger partial charge in [-0.25, -0.2) is 4.39 Å². The predicted octanol–water partition coefficient (Wildman–Crippen LogP) is 3.98. The van der Waals surface area contributed by atoms with Crippen LogP contribution >= 0.6 is 0 Å². The Labute approximate surface area is 140 Å². The van der Waals surface area contributed by atoms with Gasteiger partial charge in [0.15, 0.2) is 0 Å². The molecule has 2 aliphatic rings. The summed E-state index contributed by atoms with van der Waals surface area (Å²) in [7, 11) is 0. The van der Waals surface area contributed by atoms with Gasteiger partial charge in [0.25, 0.3) is 5.91 Å². The zero-order valence-electron chi connectivity index (χ0n) is 14.0. The van der Waals surface area contributed by atoms with Gasteiger partial charge in [0, 0.05) is 12.1 Å². The van der Waals surface area contributed by atoms with Crippen LogP contribution in [0.1, 0.15) is 59.0 Å². The Morgan fingerprint density at radius 3 is 2.33 bits per heavy atom. The number of carbonyl (C=O) groups is 1. The molecule has 2 fully saturated rings. The second-order valence-corrected chi connectivity index (χ2v) is 7.02. The first-order valence-corrected chi connectivity index (χ1v) is 8.55. The molecule has 0 saturated carbocycles. The van der Waals surface area contributed by atoms with Gasteiger partial charge < -0.3 is 9.42 Å². The van der Waals surface area contributed by atoms with Gasteiger partial charge in [0.1, 0.15) is 17.1 Å². The fourth-order valence-corrected chi connectivity index (χ4v) is 4.43. The Bertz CT molecular complexity index is 735. The van der Waals surface area contributed by atoms with Crippen molar-refractivity contribution in [2.45, 2.75) is 57.5 Å². The predicted molar refractivity (Wildman–Crippen MR) is 87.3 cm³/mol. The van der Waals surface area contributed by atoms with Gasteiger partial charge >= 0.3 is 0 Å². The van der Waals surface area contributed by atoms with Crippen LogP contribution in [-0.2, 0) is 0 Å². The Morgan fingerprint density at radius 1 is 1.17 bits per heavy atom. The van der Waals surface area contributed by atoms with Crippen molar-refractivity contribution in [3.8, 4) is 0 Å². The zero-order chi connectivity index (χ0) is 16.8. The van der Waals surface area contributed by atoms with E-state index in [9.17, 15) is 9.18 Å². The minimum atomic E-state index is -0.201. The second-order valence-electron chi connectivity index (χ2n) is 7.02. The average molecular weight is 328 g/mol. The number of hydrogen-bond donors (Lipinski definition) is 0. The Balaban J connectivity index is 1.57. The lowest BCUT2D eigenvalue weighted by molar-refractivity contribution is 0.0569. The monoisotopic (exact) mass is 328 g/mol. The molecule has 2 aromatic rings. The molecule has 5 heteroatoms. The molecule has 24 heavy (non-hydrogen) atoms. The quantitative estimate of drug-likeness (QED) is 0.837. The number of piperidine rings is 1. The third-order valence-corrected chi connectivity index (χ3v) is 5.56. The number of rotatable bonds is 2. The number of aryl methyl sites for hydroxylation is 2. The highest BCUT2D eigenvalue weighted by atomic mass is 19.1. The number of benzene rings is 1. The molecular weight excluding hydrogens is 307 g/mol. The molecule has 2 unspecified atom stereocenters. The van der Waals surface area contributed by atoms with Gasteiger partial charge in [-0.15, -0.1) is 0 Å². The van der Waals surface area contributed by atoms with Crippen LogP contribution in [0.4, 0.5) is 4.39 Å². The third kappa shape index (κ3) is 2.43. The number of fused-ring (bicyclic) bond motifs is 2. The smallest absolute Gasteiger partial charge is 0.259 e. The first-order chi connectivity index (χ1) is 11.5. The van der Waals surface area contributed by atoms with E-state index in [1.165, 1.54) is 17.7 Å². The van der Waals surface area contributed by atoms with Crippen LogP contribution in [0.15, 0.2) is 28.8 Å². The molecule has 4 rings (SSSR count). The second kappa shape index (κ2) is 5.72. The third-order valence-electron chi connectivity index (χ3n) is 5.56. The molecule has 2 bridgehead atoms. The van der Waals surface area contributed by atoms with Gasteiger partial charge in [0.2, 0.25) is 0 Å². The minimum absolute atomic E-state index is 0.0521. The molecule has 0 radical (unpaired) electrons. The fraction of sp³-hybridized carbons (Fsp3) is 0.474. The van der Waals surface area contributed by atoms with Gasteiger partial charge in [-0.1, -0.05) is 17.3 Å². The van der Waals surface area contributed by atoms with Crippen LogP contribution in [-0.4, -0.2) is 28.0 Å². The maximum absolute atomic E-state index is 13.2. The molecule has 2 atom stereocenters. The number of aromatic nitrogens is 1. The summed E-state index contributed by atoms with van der Waals surface area (Å²) in [6, 6.07) is 7.31. The lowest BCUT2D eigenvalue weighted by atomic mass is 9.84. The van der Waals surface area contributed by atoms with E-state index in [0.29, 0.717) is 22.9 Å². The maximum Gasteiger partial charge on any atom is 0.259 e. The first kappa shape index (κ1) is 15.4. The fourth-order valence-electron chi connectivity index (χ4n) is 4.43. The van der Waals surface area contributed by atoms with Crippen molar-refractivity contribution < 1.29 is 13.7 Å². The Hall–Kier alpha value is -2.17. The van der Waals surface area contributed by atoms with E-state index >= 15 is 0 Å². The number of hydrogen-bond acceptors (Lipinski definition) is 3. The normalized spacial score (nSPS) is 26.0. The van der Waals surface area contributed by atoms with Gasteiger partial charge in [-0.2, -0.15) is 0 Å². The molecule has 1 amide bonds. The number of halogens is 1. The van der Waals surface area contributed by atoms with E-state index in [-0.39, 0.29) is 23.8 Å². The Morgan fingerprint density at radius 2 is 1.79 bits per heavy atom. The van der Waals surface area contributed by atoms with Crippen LogP contribution in [0, 0.1) is 19.7 Å². The molecule has 1 aromatic carbocycles. The molecule has 2 aliphatic heterocycles. The van der Waals surface area contributed by atoms with E-state index in [2.05, 4.69) is 5.16 Å². The van der Waals surface area contributed by atoms with Crippen molar-refractivity contribution in [3.63, 3.8) is 0 Å². The average Bonchev–Trinajstić information content (AvgIpc) is 3.03. The first-order valence-electron chi connectivity index (χ1n) is 8.55. The Kier molecular flexibility index (Phi) is 3.66. The van der Waals surface area contributed by atoms with E-state index < -0.39 is 0 Å². The number of amides is 1. The van der Waals surface area contributed by atoms with Crippen molar-refractivity contribution in [1.82, 2.24) is 10.1 Å². The number of nitrogens with zero attached hydrogens (tertiary/aromatic N) is 2. The van der Waals surface area contributed by atoms with E-state index in [1.807, 2.05) is 24.0 Å². The topological polar surface area (TPSA) is 46.3 Å². The van der Waals surface area contributed by atoms with E-state index in [1.54, 1.807) is 6.92 Å². The standard InChI is InChI=1S/C19H21FN2O2/c1-11-18(12(2)24-21-11)19(23)22-16-7-8-17(22)10-14(9-16)13-3-5-15(20)6-4-13/h3-6,14,16-17H,7-10H2,1-2H3. The minimum Gasteiger partial charge on any atom is -0.361 e. The SMILES string of the molecule is Cc1noc(C)c1C(=O)N1C2CCC1CC(c1ccc(F)cc1)C2. The summed E-state index contributed by atoms with van der Waals surface area (Å²) in [6.07, 6.45) is 3.96. The van der Waals surface area contributed by atoms with Crippen LogP contribution in [0.25, 0.3) is 0 Å². The summed E-state index contributed by atoms with van der Waals surface area (Å²) < 4.78 is 18.3. The summed E-state index contributed by atoms with van der Waals surface area (Å²) in [6.45, 7) is 3.61. The molecule has 1 aromatic heterocycles. The highest BCUT2D eigenvalue weighted by molar-refractivity contribution is 5.96. The zero-order valence-corrected chi connectivity index (χ0v) is 14.0. The molecular formula is C19H21FN2O2. The van der Waals surface area contributed by atoms with Crippen LogP contribution in [0.5, 0.6) is 0 Å². The lowest BCUT2D eigenvalue weighted by Crippen LogP contribution is -2.46. The van der Waals surface area contributed by atoms with Gasteiger partial charge in [-0.3, -0.25) is 4.79 Å². The van der Waals surface area contributed by atoms with Crippen LogP contribution < -0.4 is 0 Å². The molecule has 126 valence electrons. The van der Waals surface area contributed by atoms with Gasteiger partial charge in [-0.05, 0) is 63.1 Å². The summed E-state index contributed by atoms with van der Waals surface area (Å²) in [4.78, 5) is 15.1. The van der Waals surface area contributed by atoms with E-state index in [0.717, 1.165) is 25.7 Å². The summed E-state index contributed by atoms with van der Waals surface area (Å²) in [5.41, 5.74) is 2.46. The highest BCUT2D eigenvalue weighted by Crippen LogP contribution is 2.44. The van der Waals surface area contributed by atoms with Gasteiger partial charge in [0.05, 0.1) is 5.69 Å². The van der Waals surface area contributed by atoms with Crippen molar-refractivity contribution in [1.29, 1.82) is 0 Å². The molecule has 4 nitrogen and oxygen atoms in total. The molecule has 3 heterocycles. The molecule has 0 spiro atoms. The summed E-state index contributed by atoms with van der Waals surface area (Å²) in [5.74, 6) is 0.846. The highest BCUT2D eigenvalue weighted by Gasteiger charge is 2.44. The maximum atomic E-state index is 13.2. The van der Waals surface area contributed by atoms with E-state index in [4.69, 9.17) is 4.52 Å². The molecule has 2 saturated heterocycles. The summed E-state index contributed by atoms with van der Waals surface area (Å²) >= 11 is 0.